The molecule has 1 aromatic carbocycles. The third kappa shape index (κ3) is 3.89. The van der Waals surface area contributed by atoms with Gasteiger partial charge in [-0.25, -0.2) is 8.42 Å². The normalized spacial score (nSPS) is 16.4. The fourth-order valence-corrected chi connectivity index (χ4v) is 3.69. The topological polar surface area (TPSA) is 92.8 Å². The van der Waals surface area contributed by atoms with Crippen molar-refractivity contribution >= 4 is 27.6 Å². The summed E-state index contributed by atoms with van der Waals surface area (Å²) in [6.07, 6.45) is 1.60. The third-order valence-corrected chi connectivity index (χ3v) is 5.21. The van der Waals surface area contributed by atoms with Gasteiger partial charge in [0, 0.05) is 18.7 Å². The van der Waals surface area contributed by atoms with E-state index in [0.29, 0.717) is 18.7 Å². The summed E-state index contributed by atoms with van der Waals surface area (Å²) in [6.45, 7) is 2.33. The molecule has 8 heteroatoms. The molecule has 0 bridgehead atoms. The summed E-state index contributed by atoms with van der Waals surface area (Å²) in [5.74, 6) is -0.592. The Morgan fingerprint density at radius 3 is 2.48 bits per heavy atom. The van der Waals surface area contributed by atoms with E-state index < -0.39 is 22.0 Å². The highest BCUT2D eigenvalue weighted by molar-refractivity contribution is 7.89. The van der Waals surface area contributed by atoms with Gasteiger partial charge in [-0.1, -0.05) is 6.92 Å². The van der Waals surface area contributed by atoms with Gasteiger partial charge in [0.25, 0.3) is 0 Å². The van der Waals surface area contributed by atoms with E-state index in [4.69, 9.17) is 0 Å². The minimum absolute atomic E-state index is 0.0373. The van der Waals surface area contributed by atoms with Gasteiger partial charge in [0.15, 0.2) is 0 Å². The van der Waals surface area contributed by atoms with Crippen molar-refractivity contribution in [2.45, 2.75) is 37.1 Å². The summed E-state index contributed by atoms with van der Waals surface area (Å²) in [5.41, 5.74) is 0.673. The molecule has 0 unspecified atom stereocenters. The van der Waals surface area contributed by atoms with Gasteiger partial charge in [-0.15, -0.1) is 0 Å². The summed E-state index contributed by atoms with van der Waals surface area (Å²) in [7, 11) is -2.63. The Morgan fingerprint density at radius 1 is 1.35 bits per heavy atom. The van der Waals surface area contributed by atoms with Crippen molar-refractivity contribution in [3.8, 4) is 0 Å². The molecule has 1 amide bonds. The lowest BCUT2D eigenvalue weighted by molar-refractivity contribution is -0.142. The van der Waals surface area contributed by atoms with Crippen LogP contribution >= 0.6 is 0 Å². The second kappa shape index (κ2) is 7.10. The van der Waals surface area contributed by atoms with Crippen molar-refractivity contribution in [1.29, 1.82) is 0 Å². The number of nitrogens with one attached hydrogen (secondary N) is 1. The van der Waals surface area contributed by atoms with Gasteiger partial charge in [0.2, 0.25) is 15.9 Å². The summed E-state index contributed by atoms with van der Waals surface area (Å²) in [4.78, 5) is 24.9. The van der Waals surface area contributed by atoms with Crippen LogP contribution in [0.2, 0.25) is 0 Å². The first-order valence-corrected chi connectivity index (χ1v) is 8.88. The van der Waals surface area contributed by atoms with Crippen molar-refractivity contribution in [1.82, 2.24) is 4.72 Å². The number of esters is 1. The Kier molecular flexibility index (Phi) is 5.38. The Hall–Kier alpha value is -1.93. The van der Waals surface area contributed by atoms with Crippen molar-refractivity contribution in [3.05, 3.63) is 24.3 Å². The predicted molar refractivity (Wildman–Crippen MR) is 84.4 cm³/mol. The van der Waals surface area contributed by atoms with Gasteiger partial charge in [0.05, 0.1) is 12.0 Å². The fraction of sp³-hybridized carbons (Fsp3) is 0.467. The van der Waals surface area contributed by atoms with Crippen LogP contribution in [0.25, 0.3) is 0 Å². The van der Waals surface area contributed by atoms with E-state index in [1.54, 1.807) is 24.0 Å². The molecular formula is C15H20N2O5S. The molecule has 0 spiro atoms. The number of anilines is 1. The molecule has 0 aliphatic carbocycles. The zero-order valence-corrected chi connectivity index (χ0v) is 13.9. The number of benzene rings is 1. The molecule has 1 atom stereocenters. The van der Waals surface area contributed by atoms with E-state index in [9.17, 15) is 18.0 Å². The van der Waals surface area contributed by atoms with Gasteiger partial charge in [0.1, 0.15) is 6.04 Å². The Bertz CT molecular complexity index is 684. The molecule has 23 heavy (non-hydrogen) atoms. The molecule has 1 aromatic rings. The molecule has 1 fully saturated rings. The SMILES string of the molecule is CC[C@H](NS(=O)(=O)c1ccc(N2CCCC2=O)cc1)C(=O)OC. The monoisotopic (exact) mass is 340 g/mol. The van der Waals surface area contributed by atoms with Crippen LogP contribution in [0.4, 0.5) is 5.69 Å². The van der Waals surface area contributed by atoms with E-state index in [-0.39, 0.29) is 17.2 Å². The summed E-state index contributed by atoms with van der Waals surface area (Å²) in [5, 5.41) is 0. The number of hydrogen-bond donors (Lipinski definition) is 1. The second-order valence-electron chi connectivity index (χ2n) is 5.25. The Morgan fingerprint density at radius 2 is 2.00 bits per heavy atom. The van der Waals surface area contributed by atoms with Gasteiger partial charge < -0.3 is 9.64 Å². The fourth-order valence-electron chi connectivity index (χ4n) is 2.42. The lowest BCUT2D eigenvalue weighted by Gasteiger charge is -2.17. The van der Waals surface area contributed by atoms with Crippen LogP contribution in [0, 0.1) is 0 Å². The summed E-state index contributed by atoms with van der Waals surface area (Å²) in [6, 6.07) is 5.11. The Balaban J connectivity index is 2.17. The van der Waals surface area contributed by atoms with E-state index in [1.165, 1.54) is 19.2 Å². The number of hydrogen-bond acceptors (Lipinski definition) is 5. The number of nitrogens with zero attached hydrogens (tertiary/aromatic N) is 1. The van der Waals surface area contributed by atoms with Crippen LogP contribution in [-0.2, 0) is 24.3 Å². The number of ether oxygens (including phenoxy) is 1. The molecule has 2 rings (SSSR count). The zero-order valence-electron chi connectivity index (χ0n) is 13.1. The van der Waals surface area contributed by atoms with Crippen LogP contribution in [0.5, 0.6) is 0 Å². The molecule has 1 aliphatic heterocycles. The average Bonchev–Trinajstić information content (AvgIpc) is 2.98. The summed E-state index contributed by atoms with van der Waals surface area (Å²) < 4.78 is 31.5. The predicted octanol–water partition coefficient (Wildman–Crippen LogP) is 1.04. The van der Waals surface area contributed by atoms with Gasteiger partial charge in [-0.05, 0) is 37.1 Å². The van der Waals surface area contributed by atoms with Crippen LogP contribution in [0.3, 0.4) is 0 Å². The number of carbonyl (C=O) groups is 2. The summed E-state index contributed by atoms with van der Waals surface area (Å²) >= 11 is 0. The number of sulfonamides is 1. The smallest absolute Gasteiger partial charge is 0.323 e. The maximum Gasteiger partial charge on any atom is 0.323 e. The molecule has 7 nitrogen and oxygen atoms in total. The average molecular weight is 340 g/mol. The molecule has 1 saturated heterocycles. The number of rotatable bonds is 6. The third-order valence-electron chi connectivity index (χ3n) is 3.72. The van der Waals surface area contributed by atoms with E-state index in [2.05, 4.69) is 9.46 Å². The first-order chi connectivity index (χ1) is 10.9. The van der Waals surface area contributed by atoms with Crippen molar-refractivity contribution in [3.63, 3.8) is 0 Å². The second-order valence-corrected chi connectivity index (χ2v) is 6.96. The van der Waals surface area contributed by atoms with E-state index in [1.807, 2.05) is 0 Å². The number of carbonyl (C=O) groups excluding carboxylic acids is 2. The first kappa shape index (κ1) is 17.4. The number of amides is 1. The highest BCUT2D eigenvalue weighted by atomic mass is 32.2. The van der Waals surface area contributed by atoms with Crippen molar-refractivity contribution in [2.24, 2.45) is 0 Å². The lowest BCUT2D eigenvalue weighted by atomic mass is 10.2. The largest absolute Gasteiger partial charge is 0.468 e. The maximum absolute atomic E-state index is 12.3. The minimum atomic E-state index is -3.83. The maximum atomic E-state index is 12.3. The quantitative estimate of drug-likeness (QED) is 0.781. The molecule has 0 saturated carbocycles. The molecule has 1 heterocycles. The minimum Gasteiger partial charge on any atom is -0.468 e. The van der Waals surface area contributed by atoms with E-state index in [0.717, 1.165) is 6.42 Å². The van der Waals surface area contributed by atoms with Gasteiger partial charge >= 0.3 is 5.97 Å². The van der Waals surface area contributed by atoms with Crippen LogP contribution in [0.1, 0.15) is 26.2 Å². The zero-order chi connectivity index (χ0) is 17.0. The van der Waals surface area contributed by atoms with Crippen molar-refractivity contribution in [2.75, 3.05) is 18.6 Å². The highest BCUT2D eigenvalue weighted by Gasteiger charge is 2.26. The van der Waals surface area contributed by atoms with Crippen LogP contribution in [-0.4, -0.2) is 40.0 Å². The molecule has 1 aliphatic rings. The van der Waals surface area contributed by atoms with Crippen LogP contribution < -0.4 is 9.62 Å². The molecule has 0 radical (unpaired) electrons. The molecule has 126 valence electrons. The van der Waals surface area contributed by atoms with Crippen LogP contribution in [0.15, 0.2) is 29.2 Å². The standard InChI is InChI=1S/C15H20N2O5S/c1-3-13(15(19)22-2)16-23(20,21)12-8-6-11(7-9-12)17-10-4-5-14(17)18/h6-9,13,16H,3-5,10H2,1-2H3/t13-/m0/s1. The van der Waals surface area contributed by atoms with E-state index >= 15 is 0 Å². The van der Waals surface area contributed by atoms with Crippen molar-refractivity contribution < 1.29 is 22.7 Å². The molecule has 0 aromatic heterocycles. The molecule has 1 N–H and O–H groups in total. The number of methoxy groups -OCH3 is 1. The van der Waals surface area contributed by atoms with Gasteiger partial charge in [-0.2, -0.15) is 4.72 Å². The first-order valence-electron chi connectivity index (χ1n) is 7.39. The van der Waals surface area contributed by atoms with Gasteiger partial charge in [-0.3, -0.25) is 9.59 Å². The lowest BCUT2D eigenvalue weighted by Crippen LogP contribution is -2.40. The molecular weight excluding hydrogens is 320 g/mol. The Labute approximate surface area is 135 Å². The highest BCUT2D eigenvalue weighted by Crippen LogP contribution is 2.23.